The molecule has 0 spiro atoms. The third-order valence-corrected chi connectivity index (χ3v) is 5.04. The summed E-state index contributed by atoms with van der Waals surface area (Å²) in [5.74, 6) is 1.72. The lowest BCUT2D eigenvalue weighted by atomic mass is 10.1. The Morgan fingerprint density at radius 1 is 1.32 bits per heavy atom. The Balaban J connectivity index is 1.86. The third-order valence-electron chi connectivity index (χ3n) is 5.04. The largest absolute Gasteiger partial charge is 0.466 e. The Hall–Kier alpha value is -2.90. The molecule has 1 saturated heterocycles. The van der Waals surface area contributed by atoms with E-state index in [1.54, 1.807) is 20.2 Å². The highest BCUT2D eigenvalue weighted by atomic mass is 16.3. The summed E-state index contributed by atoms with van der Waals surface area (Å²) in [6, 6.07) is 2.82. The topological polar surface area (TPSA) is 74.9 Å². The number of aromatic nitrogens is 2. The van der Waals surface area contributed by atoms with Crippen molar-refractivity contribution in [2.75, 3.05) is 13.6 Å². The van der Waals surface area contributed by atoms with Gasteiger partial charge in [-0.2, -0.15) is 0 Å². The van der Waals surface area contributed by atoms with Gasteiger partial charge in [0.15, 0.2) is 0 Å². The Kier molecular flexibility index (Phi) is 3.31. The minimum atomic E-state index is -0.589. The lowest BCUT2D eigenvalue weighted by Crippen LogP contribution is -2.57. The molecule has 0 aliphatic carbocycles. The Bertz CT molecular complexity index is 909. The number of nitrogens with zero attached hydrogens (tertiary/aromatic N) is 5. The molecule has 4 rings (SSSR count). The molecule has 0 saturated carbocycles. The molecule has 1 unspecified atom stereocenters. The van der Waals surface area contributed by atoms with Crippen LogP contribution in [-0.2, 0) is 11.3 Å². The number of rotatable bonds is 3. The number of aliphatic imine (C=N–C) groups is 1. The maximum absolute atomic E-state index is 12.9. The maximum atomic E-state index is 12.9. The van der Waals surface area contributed by atoms with E-state index in [1.807, 2.05) is 35.1 Å². The van der Waals surface area contributed by atoms with Crippen LogP contribution < -0.4 is 4.57 Å². The first kappa shape index (κ1) is 15.6. The molecule has 130 valence electrons. The number of urea groups is 1. The van der Waals surface area contributed by atoms with E-state index in [4.69, 9.17) is 4.42 Å². The molecular weight excluding hydrogens is 322 g/mol. The normalized spacial score (nSPS) is 19.4. The van der Waals surface area contributed by atoms with Gasteiger partial charge < -0.3 is 4.42 Å². The van der Waals surface area contributed by atoms with Crippen molar-refractivity contribution in [3.05, 3.63) is 35.5 Å². The lowest BCUT2D eigenvalue weighted by molar-refractivity contribution is -0.682. The monoisotopic (exact) mass is 342 g/mol. The van der Waals surface area contributed by atoms with Gasteiger partial charge in [0.25, 0.3) is 5.91 Å². The molecule has 0 N–H and O–H groups in total. The molecule has 2 aromatic rings. The first-order valence-electron chi connectivity index (χ1n) is 8.27. The average molecular weight is 342 g/mol. The van der Waals surface area contributed by atoms with Gasteiger partial charge in [0.2, 0.25) is 11.9 Å². The summed E-state index contributed by atoms with van der Waals surface area (Å²) < 4.78 is 9.39. The Labute approximate surface area is 145 Å². The number of furan rings is 1. The number of amidine groups is 1. The minimum Gasteiger partial charge on any atom is -0.466 e. The fraction of sp³-hybridized carbons (Fsp3) is 0.412. The van der Waals surface area contributed by atoms with Gasteiger partial charge in [-0.1, -0.05) is 4.99 Å². The summed E-state index contributed by atoms with van der Waals surface area (Å²) in [5.41, 5.74) is 1.97. The second-order valence-electron chi connectivity index (χ2n) is 6.30. The van der Waals surface area contributed by atoms with Crippen LogP contribution in [0.4, 0.5) is 10.7 Å². The molecule has 25 heavy (non-hydrogen) atoms. The molecule has 8 heteroatoms. The first-order chi connectivity index (χ1) is 12.0. The van der Waals surface area contributed by atoms with Gasteiger partial charge >= 0.3 is 12.0 Å². The summed E-state index contributed by atoms with van der Waals surface area (Å²) >= 11 is 0. The van der Waals surface area contributed by atoms with E-state index in [-0.39, 0.29) is 11.9 Å². The van der Waals surface area contributed by atoms with Crippen LogP contribution in [0.25, 0.3) is 0 Å². The standard InChI is InChI=1S/C17H20N5O3/c1-5-20-15(23)13-14(19(4)17(20)24)18-16-21(9-12-7-6-8-25-12)10(2)11(3)22(13)16/h6-8,13H,5,9H2,1-4H3/q+1. The number of imidazole rings is 1. The van der Waals surface area contributed by atoms with Crippen LogP contribution in [0.3, 0.4) is 0 Å². The molecule has 2 aliphatic rings. The molecule has 2 aliphatic heterocycles. The van der Waals surface area contributed by atoms with E-state index >= 15 is 0 Å². The van der Waals surface area contributed by atoms with E-state index in [1.165, 1.54) is 9.80 Å². The molecule has 0 bridgehead atoms. The van der Waals surface area contributed by atoms with E-state index in [0.717, 1.165) is 17.1 Å². The molecular formula is C17H20N5O3+. The van der Waals surface area contributed by atoms with Crippen molar-refractivity contribution < 1.29 is 18.6 Å². The second kappa shape index (κ2) is 5.30. The number of imide groups is 1. The quantitative estimate of drug-likeness (QED) is 0.794. The number of fused-ring (bicyclic) bond motifs is 3. The van der Waals surface area contributed by atoms with Crippen LogP contribution in [0.5, 0.6) is 0 Å². The van der Waals surface area contributed by atoms with E-state index in [0.29, 0.717) is 24.9 Å². The third kappa shape index (κ3) is 2.00. The molecule has 8 nitrogen and oxygen atoms in total. The fourth-order valence-electron chi connectivity index (χ4n) is 3.54. The van der Waals surface area contributed by atoms with Crippen molar-refractivity contribution in [3.63, 3.8) is 0 Å². The zero-order valence-electron chi connectivity index (χ0n) is 14.7. The van der Waals surface area contributed by atoms with Crippen LogP contribution in [0.1, 0.15) is 30.1 Å². The Morgan fingerprint density at radius 3 is 2.72 bits per heavy atom. The zero-order chi connectivity index (χ0) is 17.9. The number of carbonyl (C=O) groups is 2. The SMILES string of the molecule is CCN1C(=O)C2C(=Nc3n2c(C)c(C)[n+]3Cc2ccco2)N(C)C1=O. The number of amides is 3. The summed E-state index contributed by atoms with van der Waals surface area (Å²) in [6.07, 6.45) is 1.63. The fourth-order valence-corrected chi connectivity index (χ4v) is 3.54. The van der Waals surface area contributed by atoms with Crippen LogP contribution in [0.15, 0.2) is 27.8 Å². The highest BCUT2D eigenvalue weighted by Gasteiger charge is 2.53. The van der Waals surface area contributed by atoms with E-state index in [9.17, 15) is 9.59 Å². The lowest BCUT2D eigenvalue weighted by Gasteiger charge is -2.32. The maximum Gasteiger partial charge on any atom is 0.402 e. The van der Waals surface area contributed by atoms with Gasteiger partial charge in [-0.05, 0) is 32.9 Å². The molecule has 1 fully saturated rings. The summed E-state index contributed by atoms with van der Waals surface area (Å²) in [5, 5.41) is 0. The molecule has 0 radical (unpaired) electrons. The van der Waals surface area contributed by atoms with Gasteiger partial charge in [0.1, 0.15) is 23.7 Å². The van der Waals surface area contributed by atoms with E-state index < -0.39 is 6.04 Å². The van der Waals surface area contributed by atoms with Crippen molar-refractivity contribution in [1.29, 1.82) is 0 Å². The van der Waals surface area contributed by atoms with Crippen molar-refractivity contribution in [2.45, 2.75) is 33.4 Å². The van der Waals surface area contributed by atoms with Gasteiger partial charge in [-0.15, -0.1) is 0 Å². The molecule has 3 amide bonds. The number of hydrogen-bond acceptors (Lipinski definition) is 4. The van der Waals surface area contributed by atoms with Gasteiger partial charge in [0.05, 0.1) is 6.26 Å². The highest BCUT2D eigenvalue weighted by molar-refractivity contribution is 6.20. The smallest absolute Gasteiger partial charge is 0.402 e. The predicted octanol–water partition coefficient (Wildman–Crippen LogP) is 1.53. The minimum absolute atomic E-state index is 0.230. The molecule has 0 aromatic carbocycles. The number of likely N-dealkylation sites (N-methyl/N-ethyl adjacent to an activating group) is 2. The van der Waals surface area contributed by atoms with Crippen molar-refractivity contribution in [1.82, 2.24) is 14.4 Å². The van der Waals surface area contributed by atoms with Gasteiger partial charge in [0, 0.05) is 13.6 Å². The predicted molar refractivity (Wildman–Crippen MR) is 88.6 cm³/mol. The van der Waals surface area contributed by atoms with Gasteiger partial charge in [-0.25, -0.2) is 13.9 Å². The van der Waals surface area contributed by atoms with Gasteiger partial charge in [-0.3, -0.25) is 14.6 Å². The van der Waals surface area contributed by atoms with Crippen molar-refractivity contribution >= 4 is 23.7 Å². The number of carbonyl (C=O) groups excluding carboxylic acids is 2. The molecule has 4 heterocycles. The average Bonchev–Trinajstić information content (AvgIpc) is 3.28. The van der Waals surface area contributed by atoms with Crippen LogP contribution >= 0.6 is 0 Å². The van der Waals surface area contributed by atoms with Crippen LogP contribution in [0.2, 0.25) is 0 Å². The highest BCUT2D eigenvalue weighted by Crippen LogP contribution is 2.35. The van der Waals surface area contributed by atoms with Crippen LogP contribution in [-0.4, -0.2) is 45.7 Å². The Morgan fingerprint density at radius 2 is 2.08 bits per heavy atom. The summed E-state index contributed by atoms with van der Waals surface area (Å²) in [7, 11) is 1.66. The summed E-state index contributed by atoms with van der Waals surface area (Å²) in [6.45, 7) is 6.63. The second-order valence-corrected chi connectivity index (χ2v) is 6.30. The number of hydrogen-bond donors (Lipinski definition) is 0. The van der Waals surface area contributed by atoms with Crippen molar-refractivity contribution in [3.8, 4) is 0 Å². The molecule has 1 atom stereocenters. The van der Waals surface area contributed by atoms with E-state index in [2.05, 4.69) is 4.99 Å². The zero-order valence-corrected chi connectivity index (χ0v) is 14.7. The molecule has 2 aromatic heterocycles. The summed E-state index contributed by atoms with van der Waals surface area (Å²) in [4.78, 5) is 32.7. The first-order valence-corrected chi connectivity index (χ1v) is 8.27. The van der Waals surface area contributed by atoms with Crippen molar-refractivity contribution in [2.24, 2.45) is 4.99 Å². The van der Waals surface area contributed by atoms with Crippen LogP contribution in [0, 0.1) is 13.8 Å².